The molecule has 0 aliphatic heterocycles. The van der Waals surface area contributed by atoms with Crippen LogP contribution in [0.4, 0.5) is 0 Å². The Morgan fingerprint density at radius 2 is 1.38 bits per heavy atom. The number of amidine groups is 1. The predicted octanol–water partition coefficient (Wildman–Crippen LogP) is 1.23. The number of allylic oxidation sites excluding steroid dienone is 2. The second kappa shape index (κ2) is 32.1. The Morgan fingerprint density at radius 3 is 1.54 bits per heavy atom. The molecular formula is C22H42Br2ClN7O6S. The van der Waals surface area contributed by atoms with Crippen LogP contribution in [0.2, 0.25) is 0 Å². The number of aliphatic hydroxyl groups is 3. The summed E-state index contributed by atoms with van der Waals surface area (Å²) in [5.41, 5.74) is 9.31. The summed E-state index contributed by atoms with van der Waals surface area (Å²) in [5.74, 6) is -0.423. The van der Waals surface area contributed by atoms with E-state index >= 15 is 0 Å². The van der Waals surface area contributed by atoms with Crippen molar-refractivity contribution in [1.29, 1.82) is 5.41 Å². The zero-order valence-electron chi connectivity index (χ0n) is 22.9. The number of carbonyl (C=O) groups is 3. The third-order valence-electron chi connectivity index (χ3n) is 2.83. The van der Waals surface area contributed by atoms with Gasteiger partial charge in [0.2, 0.25) is 5.91 Å². The van der Waals surface area contributed by atoms with Crippen LogP contribution < -0.4 is 11.5 Å². The van der Waals surface area contributed by atoms with Gasteiger partial charge in [0.1, 0.15) is 30.4 Å². The van der Waals surface area contributed by atoms with Crippen molar-refractivity contribution in [2.45, 2.75) is 39.1 Å². The minimum atomic E-state index is -1.01. The number of nitrogens with one attached hydrogen (secondary N) is 1. The lowest BCUT2D eigenvalue weighted by atomic mass is 10.4. The van der Waals surface area contributed by atoms with Crippen molar-refractivity contribution >= 4 is 82.1 Å². The number of aldehydes is 2. The first-order valence-corrected chi connectivity index (χ1v) is 11.9. The summed E-state index contributed by atoms with van der Waals surface area (Å²) < 4.78 is 1.37. The molecule has 1 amide bonds. The lowest BCUT2D eigenvalue weighted by molar-refractivity contribution is -0.125. The van der Waals surface area contributed by atoms with Gasteiger partial charge in [0, 0.05) is 53.0 Å². The summed E-state index contributed by atoms with van der Waals surface area (Å²) in [7, 11) is 7.43. The standard InChI is InChI=1S/C6H7BrN2O.C5H8BrNO.C5H9NO.C3H8N2O.C3H7NO2.ClH.H2S/c1-4(10)6-8-2-5(7)3-9-6;1-7(2)3-5(6)4-8;1-6(2)4-3-5-7;1-2(6)3(4)5;1-2(5)3(4)6;;/h2-4,10H,1H3;3-4H,1-2H3;3-5H,1-2H3;2,6H,1H3,(H3,4,5);2,5H,1H3,(H2,4,6);1H;1H2/b;5-3-;4-3+;;;;/t4-;;;2*2-;;/m0..00../s1. The Hall–Kier alpha value is -2.08. The number of hydrogen-bond donors (Lipinski definition) is 6. The molecule has 0 spiro atoms. The van der Waals surface area contributed by atoms with Crippen LogP contribution >= 0.6 is 57.8 Å². The van der Waals surface area contributed by atoms with Crippen LogP contribution in [0.15, 0.2) is 39.8 Å². The first-order chi connectivity index (χ1) is 16.9. The molecule has 1 aromatic rings. The highest BCUT2D eigenvalue weighted by atomic mass is 79.9. The fraction of sp³-hybridized carbons (Fsp3) is 0.455. The lowest BCUT2D eigenvalue weighted by Gasteiger charge is -2.01. The van der Waals surface area contributed by atoms with Gasteiger partial charge in [-0.2, -0.15) is 13.5 Å². The fourth-order valence-electron chi connectivity index (χ4n) is 1.02. The van der Waals surface area contributed by atoms with Crippen molar-refractivity contribution < 1.29 is 29.7 Å². The maximum Gasteiger partial charge on any atom is 0.245 e. The molecule has 0 saturated carbocycles. The summed E-state index contributed by atoms with van der Waals surface area (Å²) >= 11 is 6.22. The number of amides is 1. The van der Waals surface area contributed by atoms with E-state index in [2.05, 4.69) is 47.6 Å². The molecule has 228 valence electrons. The first-order valence-electron chi connectivity index (χ1n) is 10.3. The van der Waals surface area contributed by atoms with E-state index in [0.29, 0.717) is 10.3 Å². The summed E-state index contributed by atoms with van der Waals surface area (Å²) in [6.45, 7) is 4.40. The molecule has 0 bridgehead atoms. The quantitative estimate of drug-likeness (QED) is 0.102. The molecule has 39 heavy (non-hydrogen) atoms. The topological polar surface area (TPSA) is 220 Å². The van der Waals surface area contributed by atoms with Gasteiger partial charge in [-0.3, -0.25) is 19.8 Å². The van der Waals surface area contributed by atoms with Crippen LogP contribution in [0.25, 0.3) is 0 Å². The average molecular weight is 728 g/mol. The molecule has 0 aliphatic rings. The van der Waals surface area contributed by atoms with Crippen molar-refractivity contribution in [2.24, 2.45) is 11.5 Å². The molecule has 17 heteroatoms. The van der Waals surface area contributed by atoms with E-state index in [-0.39, 0.29) is 31.7 Å². The lowest BCUT2D eigenvalue weighted by Crippen LogP contribution is -2.24. The molecule has 1 aromatic heterocycles. The third-order valence-corrected chi connectivity index (χ3v) is 3.63. The van der Waals surface area contributed by atoms with E-state index < -0.39 is 24.2 Å². The molecule has 0 fully saturated rings. The van der Waals surface area contributed by atoms with Gasteiger partial charge in [0.25, 0.3) is 0 Å². The highest BCUT2D eigenvalue weighted by molar-refractivity contribution is 9.12. The zero-order chi connectivity index (χ0) is 30.1. The molecule has 13 nitrogen and oxygen atoms in total. The largest absolute Gasteiger partial charge is 0.386 e. The maximum absolute atomic E-state index is 9.90. The SMILES string of the molecule is CN(C)/C=C(\Br)C=O.CN(C)/C=C/C=O.C[C@H](O)C(=N)N.C[C@H](O)C(N)=O.C[C@H](O)c1ncc(Br)cn1.Cl.S. The van der Waals surface area contributed by atoms with E-state index in [4.69, 9.17) is 26.5 Å². The van der Waals surface area contributed by atoms with Gasteiger partial charge >= 0.3 is 0 Å². The second-order valence-corrected chi connectivity index (χ2v) is 9.01. The smallest absolute Gasteiger partial charge is 0.245 e. The van der Waals surface area contributed by atoms with Crippen LogP contribution in [-0.4, -0.2) is 99.8 Å². The summed E-state index contributed by atoms with van der Waals surface area (Å²) in [6.07, 6.45) is 7.15. The predicted molar refractivity (Wildman–Crippen MR) is 168 cm³/mol. The van der Waals surface area contributed by atoms with Gasteiger partial charge in [-0.15, -0.1) is 12.4 Å². The highest BCUT2D eigenvalue weighted by Crippen LogP contribution is 2.08. The number of hydrogen-bond acceptors (Lipinski definition) is 11. The van der Waals surface area contributed by atoms with Gasteiger partial charge in [-0.1, -0.05) is 0 Å². The van der Waals surface area contributed by atoms with E-state index in [0.717, 1.165) is 17.0 Å². The molecule has 0 saturated heterocycles. The van der Waals surface area contributed by atoms with Gasteiger partial charge in [-0.05, 0) is 58.7 Å². The van der Waals surface area contributed by atoms with Crippen LogP contribution in [0.5, 0.6) is 0 Å². The van der Waals surface area contributed by atoms with E-state index in [1.54, 1.807) is 41.5 Å². The highest BCUT2D eigenvalue weighted by Gasteiger charge is 2.01. The van der Waals surface area contributed by atoms with Crippen molar-refractivity contribution in [2.75, 3.05) is 28.2 Å². The number of nitrogens with two attached hydrogens (primary N) is 2. The fourth-order valence-corrected chi connectivity index (χ4v) is 1.64. The normalized spacial score (nSPS) is 11.5. The molecular weight excluding hydrogens is 686 g/mol. The van der Waals surface area contributed by atoms with E-state index in [1.165, 1.54) is 19.9 Å². The van der Waals surface area contributed by atoms with Crippen molar-refractivity contribution in [1.82, 2.24) is 19.8 Å². The summed E-state index contributed by atoms with van der Waals surface area (Å²) in [5, 5.41) is 31.9. The molecule has 8 N–H and O–H groups in total. The van der Waals surface area contributed by atoms with Crippen LogP contribution in [0.3, 0.4) is 0 Å². The van der Waals surface area contributed by atoms with Gasteiger partial charge in [0.05, 0.1) is 8.96 Å². The minimum absolute atomic E-state index is 0. The average Bonchev–Trinajstić information content (AvgIpc) is 2.79. The van der Waals surface area contributed by atoms with E-state index in [9.17, 15) is 14.4 Å². The molecule has 3 atom stereocenters. The number of halogens is 3. The first kappa shape index (κ1) is 49.8. The molecule has 0 aliphatic carbocycles. The Bertz CT molecular complexity index is 812. The van der Waals surface area contributed by atoms with Crippen LogP contribution in [0.1, 0.15) is 32.7 Å². The Kier molecular flexibility index (Phi) is 41.1. The minimum Gasteiger partial charge on any atom is -0.386 e. The third kappa shape index (κ3) is 46.2. The molecule has 0 radical (unpaired) electrons. The zero-order valence-corrected chi connectivity index (χ0v) is 27.9. The van der Waals surface area contributed by atoms with Gasteiger partial charge < -0.3 is 36.6 Å². The van der Waals surface area contributed by atoms with E-state index in [1.807, 2.05) is 28.2 Å². The second-order valence-electron chi connectivity index (χ2n) is 7.18. The van der Waals surface area contributed by atoms with Gasteiger partial charge in [-0.25, -0.2) is 9.97 Å². The van der Waals surface area contributed by atoms with Crippen LogP contribution in [-0.2, 0) is 14.4 Å². The maximum atomic E-state index is 9.90. The number of rotatable bonds is 7. The monoisotopic (exact) mass is 725 g/mol. The molecule has 1 heterocycles. The summed E-state index contributed by atoms with van der Waals surface area (Å²) in [6, 6.07) is 0. The number of carbonyl (C=O) groups excluding carboxylic acids is 3. The van der Waals surface area contributed by atoms with Crippen molar-refractivity contribution in [3.05, 3.63) is 45.6 Å². The van der Waals surface area contributed by atoms with Crippen molar-refractivity contribution in [3.63, 3.8) is 0 Å². The number of primary amides is 1. The summed E-state index contributed by atoms with van der Waals surface area (Å²) in [4.78, 5) is 40.5. The number of aromatic nitrogens is 2. The molecule has 1 rings (SSSR count). The Balaban J connectivity index is -0.0000000875. The Morgan fingerprint density at radius 1 is 1.00 bits per heavy atom. The number of aliphatic hydroxyl groups excluding tert-OH is 3. The van der Waals surface area contributed by atoms with Crippen LogP contribution in [0, 0.1) is 5.41 Å². The molecule has 0 unspecified atom stereocenters. The van der Waals surface area contributed by atoms with Crippen molar-refractivity contribution in [3.8, 4) is 0 Å². The Labute approximate surface area is 260 Å². The number of nitrogens with zero attached hydrogens (tertiary/aromatic N) is 4. The van der Waals surface area contributed by atoms with Gasteiger partial charge in [0.15, 0.2) is 12.1 Å². The molecule has 0 aromatic carbocycles.